The second-order valence-electron chi connectivity index (χ2n) is 6.44. The summed E-state index contributed by atoms with van der Waals surface area (Å²) in [6.07, 6.45) is 1.05. The third-order valence-electron chi connectivity index (χ3n) is 4.31. The summed E-state index contributed by atoms with van der Waals surface area (Å²) in [7, 11) is -3.56. The summed E-state index contributed by atoms with van der Waals surface area (Å²) in [4.78, 5) is 12.1. The van der Waals surface area contributed by atoms with E-state index in [1.54, 1.807) is 41.8 Å². The van der Waals surface area contributed by atoms with Crippen LogP contribution in [-0.4, -0.2) is 20.9 Å². The largest absolute Gasteiger partial charge is 0.355 e. The van der Waals surface area contributed by atoms with Gasteiger partial charge in [-0.15, -0.1) is 11.3 Å². The van der Waals surface area contributed by atoms with Gasteiger partial charge in [0.25, 0.3) is 10.0 Å². The van der Waals surface area contributed by atoms with Crippen LogP contribution in [0.3, 0.4) is 0 Å². The number of sulfonamides is 1. The lowest BCUT2D eigenvalue weighted by molar-refractivity contribution is -0.120. The van der Waals surface area contributed by atoms with Gasteiger partial charge < -0.3 is 5.32 Å². The molecule has 28 heavy (non-hydrogen) atoms. The fourth-order valence-electron chi connectivity index (χ4n) is 2.79. The molecule has 0 aliphatic carbocycles. The minimum Gasteiger partial charge on any atom is -0.355 e. The van der Waals surface area contributed by atoms with E-state index in [9.17, 15) is 13.2 Å². The zero-order valence-corrected chi connectivity index (χ0v) is 17.1. The van der Waals surface area contributed by atoms with E-state index in [2.05, 4.69) is 29.1 Å². The van der Waals surface area contributed by atoms with Gasteiger partial charge in [-0.2, -0.15) is 0 Å². The number of benzene rings is 2. The first-order chi connectivity index (χ1) is 13.4. The van der Waals surface area contributed by atoms with Gasteiger partial charge in [-0.3, -0.25) is 9.52 Å². The van der Waals surface area contributed by atoms with E-state index in [4.69, 9.17) is 0 Å². The zero-order chi connectivity index (χ0) is 20.0. The van der Waals surface area contributed by atoms with Crippen molar-refractivity contribution in [3.05, 3.63) is 82.7 Å². The summed E-state index contributed by atoms with van der Waals surface area (Å²) in [5.41, 5.74) is 3.74. The fraction of sp³-hybridized carbons (Fsp3) is 0.190. The third kappa shape index (κ3) is 5.43. The van der Waals surface area contributed by atoms with Crippen molar-refractivity contribution < 1.29 is 13.2 Å². The molecule has 0 aliphatic heterocycles. The number of thiophene rings is 1. The van der Waals surface area contributed by atoms with Gasteiger partial charge in [0, 0.05) is 12.2 Å². The standard InChI is InChI=1S/C21H22N2O3S2/c1-16-5-2-3-6-18(16)12-13-22-20(24)15-17-8-10-19(11-9-17)23-28(25,26)21-7-4-14-27-21/h2-11,14,23H,12-13,15H2,1H3,(H,22,24). The number of carbonyl (C=O) groups excluding carboxylic acids is 1. The van der Waals surface area contributed by atoms with E-state index in [-0.39, 0.29) is 16.5 Å². The van der Waals surface area contributed by atoms with E-state index < -0.39 is 10.0 Å². The first-order valence-corrected chi connectivity index (χ1v) is 11.3. The normalized spacial score (nSPS) is 11.2. The average Bonchev–Trinajstić information content (AvgIpc) is 3.21. The van der Waals surface area contributed by atoms with E-state index in [0.717, 1.165) is 23.3 Å². The molecule has 146 valence electrons. The maximum absolute atomic E-state index is 12.2. The number of carbonyl (C=O) groups is 1. The van der Waals surface area contributed by atoms with Crippen molar-refractivity contribution in [2.24, 2.45) is 0 Å². The van der Waals surface area contributed by atoms with Gasteiger partial charge in [0.1, 0.15) is 4.21 Å². The van der Waals surface area contributed by atoms with Gasteiger partial charge >= 0.3 is 0 Å². The lowest BCUT2D eigenvalue weighted by atomic mass is 10.1. The lowest BCUT2D eigenvalue weighted by Crippen LogP contribution is -2.27. The van der Waals surface area contributed by atoms with Gasteiger partial charge in [0.05, 0.1) is 6.42 Å². The summed E-state index contributed by atoms with van der Waals surface area (Å²) in [5.74, 6) is -0.0551. The van der Waals surface area contributed by atoms with Crippen LogP contribution < -0.4 is 10.0 Å². The molecule has 1 aromatic heterocycles. The molecule has 3 aromatic rings. The fourth-order valence-corrected chi connectivity index (χ4v) is 4.84. The lowest BCUT2D eigenvalue weighted by Gasteiger charge is -2.09. The van der Waals surface area contributed by atoms with E-state index >= 15 is 0 Å². The maximum atomic E-state index is 12.2. The van der Waals surface area contributed by atoms with Crippen LogP contribution in [0.1, 0.15) is 16.7 Å². The van der Waals surface area contributed by atoms with Crippen LogP contribution in [-0.2, 0) is 27.7 Å². The number of anilines is 1. The first-order valence-electron chi connectivity index (χ1n) is 8.90. The second-order valence-corrected chi connectivity index (χ2v) is 9.29. The third-order valence-corrected chi connectivity index (χ3v) is 7.09. The highest BCUT2D eigenvalue weighted by molar-refractivity contribution is 7.94. The van der Waals surface area contributed by atoms with Crippen molar-refractivity contribution >= 4 is 33.0 Å². The maximum Gasteiger partial charge on any atom is 0.271 e. The van der Waals surface area contributed by atoms with Gasteiger partial charge in [-0.1, -0.05) is 42.5 Å². The SMILES string of the molecule is Cc1ccccc1CCNC(=O)Cc1ccc(NS(=O)(=O)c2cccs2)cc1. The minimum atomic E-state index is -3.56. The van der Waals surface area contributed by atoms with Gasteiger partial charge in [-0.05, 0) is 53.6 Å². The van der Waals surface area contributed by atoms with Crippen molar-refractivity contribution in [1.82, 2.24) is 5.32 Å². The summed E-state index contributed by atoms with van der Waals surface area (Å²) in [6.45, 7) is 2.65. The highest BCUT2D eigenvalue weighted by Crippen LogP contribution is 2.20. The van der Waals surface area contributed by atoms with Gasteiger partial charge in [0.2, 0.25) is 5.91 Å². The first kappa shape index (κ1) is 20.1. The Balaban J connectivity index is 1.50. The molecule has 5 nitrogen and oxygen atoms in total. The quantitative estimate of drug-likeness (QED) is 0.589. The molecule has 1 amide bonds. The highest BCUT2D eigenvalue weighted by Gasteiger charge is 2.15. The van der Waals surface area contributed by atoms with E-state index in [0.29, 0.717) is 12.2 Å². The Morgan fingerprint density at radius 1 is 1.00 bits per heavy atom. The molecule has 2 aromatic carbocycles. The summed E-state index contributed by atoms with van der Waals surface area (Å²) >= 11 is 1.16. The van der Waals surface area contributed by atoms with Crippen LogP contribution in [0, 0.1) is 6.92 Å². The monoisotopic (exact) mass is 414 g/mol. The molecule has 2 N–H and O–H groups in total. The predicted octanol–water partition coefficient (Wildman–Crippen LogP) is 3.76. The Morgan fingerprint density at radius 2 is 1.75 bits per heavy atom. The molecule has 0 atom stereocenters. The summed E-state index contributed by atoms with van der Waals surface area (Å²) < 4.78 is 27.2. The van der Waals surface area contributed by atoms with Crippen molar-refractivity contribution in [3.63, 3.8) is 0 Å². The van der Waals surface area contributed by atoms with Crippen LogP contribution in [0.25, 0.3) is 0 Å². The van der Waals surface area contributed by atoms with E-state index in [1.807, 2.05) is 12.1 Å². The molecule has 0 unspecified atom stereocenters. The van der Waals surface area contributed by atoms with Crippen LogP contribution in [0.15, 0.2) is 70.3 Å². The number of nitrogens with one attached hydrogen (secondary N) is 2. The second kappa shape index (κ2) is 9.03. The van der Waals surface area contributed by atoms with Crippen LogP contribution >= 0.6 is 11.3 Å². The number of rotatable bonds is 8. The molecule has 0 aliphatic rings. The molecule has 0 spiro atoms. The Bertz CT molecular complexity index is 1030. The molecule has 3 rings (SSSR count). The number of aryl methyl sites for hydroxylation is 1. The van der Waals surface area contributed by atoms with Crippen molar-refractivity contribution in [1.29, 1.82) is 0 Å². The molecule has 0 fully saturated rings. The van der Waals surface area contributed by atoms with Crippen LogP contribution in [0.4, 0.5) is 5.69 Å². The number of hydrogen-bond acceptors (Lipinski definition) is 4. The number of hydrogen-bond donors (Lipinski definition) is 2. The summed E-state index contributed by atoms with van der Waals surface area (Å²) in [6, 6.07) is 18.2. The molecule has 0 radical (unpaired) electrons. The highest BCUT2D eigenvalue weighted by atomic mass is 32.2. The van der Waals surface area contributed by atoms with Crippen molar-refractivity contribution in [2.45, 2.75) is 24.0 Å². The average molecular weight is 415 g/mol. The molecular weight excluding hydrogens is 392 g/mol. The molecule has 0 saturated carbocycles. The van der Waals surface area contributed by atoms with Gasteiger partial charge in [-0.25, -0.2) is 8.42 Å². The molecule has 0 saturated heterocycles. The summed E-state index contributed by atoms with van der Waals surface area (Å²) in [5, 5.41) is 4.65. The van der Waals surface area contributed by atoms with Gasteiger partial charge in [0.15, 0.2) is 0 Å². The smallest absolute Gasteiger partial charge is 0.271 e. The Morgan fingerprint density at radius 3 is 2.43 bits per heavy atom. The topological polar surface area (TPSA) is 75.3 Å². The van der Waals surface area contributed by atoms with Crippen molar-refractivity contribution in [3.8, 4) is 0 Å². The molecule has 7 heteroatoms. The molecular formula is C21H22N2O3S2. The molecule has 1 heterocycles. The Hall–Kier alpha value is -2.64. The van der Waals surface area contributed by atoms with E-state index in [1.165, 1.54) is 11.1 Å². The van der Waals surface area contributed by atoms with Crippen molar-refractivity contribution in [2.75, 3.05) is 11.3 Å². The van der Waals surface area contributed by atoms with Crippen LogP contribution in [0.5, 0.6) is 0 Å². The van der Waals surface area contributed by atoms with Crippen LogP contribution in [0.2, 0.25) is 0 Å². The zero-order valence-electron chi connectivity index (χ0n) is 15.5. The molecule has 0 bridgehead atoms. The Kier molecular flexibility index (Phi) is 6.49. The Labute approximate surface area is 169 Å². The minimum absolute atomic E-state index is 0.0551. The number of amides is 1. The predicted molar refractivity (Wildman–Crippen MR) is 113 cm³/mol.